The van der Waals surface area contributed by atoms with Crippen LogP contribution >= 0.6 is 11.8 Å². The molecule has 0 bridgehead atoms. The number of aromatic nitrogens is 3. The van der Waals surface area contributed by atoms with Crippen LogP contribution in [-0.4, -0.2) is 26.3 Å². The molecule has 0 aliphatic rings. The second-order valence-corrected chi connectivity index (χ2v) is 6.22. The van der Waals surface area contributed by atoms with E-state index >= 15 is 0 Å². The summed E-state index contributed by atoms with van der Waals surface area (Å²) in [7, 11) is 1.96. The summed E-state index contributed by atoms with van der Waals surface area (Å²) in [5.74, 6) is 0.809. The highest BCUT2D eigenvalue weighted by molar-refractivity contribution is 7.99. The number of nitrogens with zero attached hydrogens (tertiary/aromatic N) is 3. The van der Waals surface area contributed by atoms with Crippen molar-refractivity contribution in [3.05, 3.63) is 53.3 Å². The van der Waals surface area contributed by atoms with E-state index < -0.39 is 0 Å². The Hall–Kier alpha value is -2.34. The average Bonchev–Trinajstić information content (AvgIpc) is 3.14. The average molecular weight is 327 g/mol. The highest BCUT2D eigenvalue weighted by Crippen LogP contribution is 2.24. The second kappa shape index (κ2) is 6.42. The topological polar surface area (TPSA) is 60.9 Å². The lowest BCUT2D eigenvalue weighted by Crippen LogP contribution is -2.04. The van der Waals surface area contributed by atoms with E-state index in [2.05, 4.69) is 10.2 Å². The molecule has 0 aliphatic heterocycles. The summed E-state index contributed by atoms with van der Waals surface area (Å²) in [5, 5.41) is 8.42. The molecule has 0 saturated carbocycles. The zero-order valence-corrected chi connectivity index (χ0v) is 14.1. The minimum atomic E-state index is 0.0654. The SMILES string of the molecule is Cc1cc(C(=O)CSc2nnc(-c3ccccc3)o2)c(C)n1C. The Kier molecular flexibility index (Phi) is 4.34. The van der Waals surface area contributed by atoms with Gasteiger partial charge >= 0.3 is 0 Å². The first kappa shape index (κ1) is 15.6. The first-order chi connectivity index (χ1) is 11.1. The lowest BCUT2D eigenvalue weighted by molar-refractivity contribution is 0.102. The molecule has 23 heavy (non-hydrogen) atoms. The van der Waals surface area contributed by atoms with Gasteiger partial charge in [-0.25, -0.2) is 0 Å². The van der Waals surface area contributed by atoms with E-state index in [0.717, 1.165) is 22.5 Å². The normalized spacial score (nSPS) is 10.9. The molecule has 1 aromatic carbocycles. The zero-order valence-electron chi connectivity index (χ0n) is 13.2. The summed E-state index contributed by atoms with van der Waals surface area (Å²) in [5.41, 5.74) is 3.66. The minimum Gasteiger partial charge on any atom is -0.411 e. The highest BCUT2D eigenvalue weighted by Gasteiger charge is 2.16. The monoisotopic (exact) mass is 327 g/mol. The van der Waals surface area contributed by atoms with Crippen LogP contribution < -0.4 is 0 Å². The number of carbonyl (C=O) groups is 1. The Morgan fingerprint density at radius 2 is 1.96 bits per heavy atom. The van der Waals surface area contributed by atoms with Crippen LogP contribution in [0, 0.1) is 13.8 Å². The molecule has 0 aliphatic carbocycles. The molecule has 5 nitrogen and oxygen atoms in total. The lowest BCUT2D eigenvalue weighted by Gasteiger charge is -2.01. The predicted octanol–water partition coefficient (Wildman–Crippen LogP) is 3.67. The Morgan fingerprint density at radius 3 is 2.61 bits per heavy atom. The number of carbonyl (C=O) groups excluding carboxylic acids is 1. The zero-order chi connectivity index (χ0) is 16.4. The van der Waals surface area contributed by atoms with Crippen molar-refractivity contribution in [3.63, 3.8) is 0 Å². The number of rotatable bonds is 5. The molecule has 0 fully saturated rings. The summed E-state index contributed by atoms with van der Waals surface area (Å²) < 4.78 is 7.61. The van der Waals surface area contributed by atoms with Crippen molar-refractivity contribution in [2.24, 2.45) is 7.05 Å². The number of benzene rings is 1. The van der Waals surface area contributed by atoms with Gasteiger partial charge in [-0.15, -0.1) is 10.2 Å². The van der Waals surface area contributed by atoms with Gasteiger partial charge in [-0.1, -0.05) is 30.0 Å². The van der Waals surface area contributed by atoms with E-state index in [9.17, 15) is 4.79 Å². The standard InChI is InChI=1S/C17H17N3O2S/c1-11-9-14(12(2)20(11)3)15(21)10-23-17-19-18-16(22-17)13-7-5-4-6-8-13/h4-9H,10H2,1-3H3. The van der Waals surface area contributed by atoms with E-state index in [1.165, 1.54) is 11.8 Å². The Balaban J connectivity index is 1.68. The van der Waals surface area contributed by atoms with Gasteiger partial charge in [0.2, 0.25) is 5.89 Å². The summed E-state index contributed by atoms with van der Waals surface area (Å²) >= 11 is 1.26. The fourth-order valence-corrected chi connectivity index (χ4v) is 2.95. The first-order valence-electron chi connectivity index (χ1n) is 7.24. The molecule has 3 rings (SSSR count). The molecule has 0 amide bonds. The number of aryl methyl sites for hydroxylation is 1. The van der Waals surface area contributed by atoms with Crippen LogP contribution in [-0.2, 0) is 7.05 Å². The van der Waals surface area contributed by atoms with Crippen LogP contribution in [0.3, 0.4) is 0 Å². The summed E-state index contributed by atoms with van der Waals surface area (Å²) in [4.78, 5) is 12.4. The predicted molar refractivity (Wildman–Crippen MR) is 89.7 cm³/mol. The van der Waals surface area contributed by atoms with E-state index in [1.54, 1.807) is 0 Å². The molecule has 0 N–H and O–H groups in total. The molecule has 0 saturated heterocycles. The first-order valence-corrected chi connectivity index (χ1v) is 8.22. The van der Waals surface area contributed by atoms with Gasteiger partial charge in [0.25, 0.3) is 5.22 Å². The van der Waals surface area contributed by atoms with Crippen molar-refractivity contribution < 1.29 is 9.21 Å². The number of ketones is 1. The Bertz CT molecular complexity index is 837. The van der Waals surface area contributed by atoms with Crippen molar-refractivity contribution in [1.82, 2.24) is 14.8 Å². The highest BCUT2D eigenvalue weighted by atomic mass is 32.2. The number of hydrogen-bond donors (Lipinski definition) is 0. The summed E-state index contributed by atoms with van der Waals surface area (Å²) in [6.45, 7) is 3.94. The number of hydrogen-bond acceptors (Lipinski definition) is 5. The molecule has 0 radical (unpaired) electrons. The number of thioether (sulfide) groups is 1. The molecule has 0 spiro atoms. The largest absolute Gasteiger partial charge is 0.411 e. The van der Waals surface area contributed by atoms with E-state index in [-0.39, 0.29) is 11.5 Å². The van der Waals surface area contributed by atoms with Crippen molar-refractivity contribution in [3.8, 4) is 11.5 Å². The van der Waals surface area contributed by atoms with Crippen molar-refractivity contribution in [1.29, 1.82) is 0 Å². The molecular formula is C17H17N3O2S. The quantitative estimate of drug-likeness (QED) is 0.528. The van der Waals surface area contributed by atoms with Gasteiger partial charge in [-0.2, -0.15) is 0 Å². The van der Waals surface area contributed by atoms with E-state index in [0.29, 0.717) is 11.1 Å². The third-order valence-electron chi connectivity index (χ3n) is 3.83. The number of Topliss-reactive ketones (excluding diaryl/α,β-unsaturated/α-hetero) is 1. The third-order valence-corrected chi connectivity index (χ3v) is 4.65. The third kappa shape index (κ3) is 3.22. The van der Waals surface area contributed by atoms with Crippen molar-refractivity contribution in [2.75, 3.05) is 5.75 Å². The molecule has 2 heterocycles. The van der Waals surface area contributed by atoms with E-state index in [4.69, 9.17) is 4.42 Å². The summed E-state index contributed by atoms with van der Waals surface area (Å²) in [6.07, 6.45) is 0. The van der Waals surface area contributed by atoms with Crippen molar-refractivity contribution >= 4 is 17.5 Å². The van der Waals surface area contributed by atoms with Crippen LogP contribution in [0.5, 0.6) is 0 Å². The van der Waals surface area contributed by atoms with E-state index in [1.807, 2.05) is 61.9 Å². The van der Waals surface area contributed by atoms with Gasteiger partial charge in [0, 0.05) is 29.6 Å². The molecule has 6 heteroatoms. The van der Waals surface area contributed by atoms with Crippen molar-refractivity contribution in [2.45, 2.75) is 19.1 Å². The van der Waals surface area contributed by atoms with Gasteiger partial charge in [-0.05, 0) is 32.0 Å². The van der Waals surface area contributed by atoms with Crippen LogP contribution in [0.2, 0.25) is 0 Å². The minimum absolute atomic E-state index is 0.0654. The van der Waals surface area contributed by atoms with Crippen LogP contribution in [0.1, 0.15) is 21.7 Å². The molecule has 3 aromatic rings. The summed E-state index contributed by atoms with van der Waals surface area (Å²) in [6, 6.07) is 11.5. The fraction of sp³-hybridized carbons (Fsp3) is 0.235. The maximum Gasteiger partial charge on any atom is 0.277 e. The smallest absolute Gasteiger partial charge is 0.277 e. The second-order valence-electron chi connectivity index (χ2n) is 5.29. The van der Waals surface area contributed by atoms with Gasteiger partial charge in [-0.3, -0.25) is 4.79 Å². The van der Waals surface area contributed by atoms with Gasteiger partial charge < -0.3 is 8.98 Å². The van der Waals surface area contributed by atoms with Crippen LogP contribution in [0.15, 0.2) is 46.0 Å². The lowest BCUT2D eigenvalue weighted by atomic mass is 10.2. The molecule has 2 aromatic heterocycles. The van der Waals surface area contributed by atoms with Gasteiger partial charge in [0.15, 0.2) is 5.78 Å². The molecule has 0 atom stereocenters. The molecule has 0 unspecified atom stereocenters. The molecular weight excluding hydrogens is 310 g/mol. The Labute approximate surface area is 138 Å². The molecule has 118 valence electrons. The van der Waals surface area contributed by atoms with Gasteiger partial charge in [0.05, 0.1) is 5.75 Å². The van der Waals surface area contributed by atoms with Gasteiger partial charge in [0.1, 0.15) is 0 Å². The maximum absolute atomic E-state index is 12.4. The maximum atomic E-state index is 12.4. The Morgan fingerprint density at radius 1 is 1.22 bits per heavy atom. The van der Waals surface area contributed by atoms with Crippen LogP contribution in [0.25, 0.3) is 11.5 Å². The fourth-order valence-electron chi connectivity index (χ4n) is 2.31. The van der Waals surface area contributed by atoms with Crippen LogP contribution in [0.4, 0.5) is 0 Å².